The molecule has 0 aliphatic heterocycles. The van der Waals surface area contributed by atoms with Gasteiger partial charge in [-0.25, -0.2) is 10.2 Å². The summed E-state index contributed by atoms with van der Waals surface area (Å²) in [5.41, 5.74) is 3.26. The highest BCUT2D eigenvalue weighted by Gasteiger charge is 2.13. The molecular weight excluding hydrogens is 488 g/mol. The number of carbonyl (C=O) groups excluding carboxylic acids is 3. The average Bonchev–Trinajstić information content (AvgIpc) is 2.88. The van der Waals surface area contributed by atoms with Crippen LogP contribution >= 0.6 is 11.6 Å². The van der Waals surface area contributed by atoms with Gasteiger partial charge < -0.3 is 10.1 Å². The summed E-state index contributed by atoms with van der Waals surface area (Å²) < 4.78 is 5.23. The zero-order valence-electron chi connectivity index (χ0n) is 18.8. The maximum Gasteiger partial charge on any atom is 0.343 e. The highest BCUT2D eigenvalue weighted by atomic mass is 35.5. The van der Waals surface area contributed by atoms with Crippen LogP contribution in [-0.4, -0.2) is 35.5 Å². The lowest BCUT2D eigenvalue weighted by Crippen LogP contribution is -2.26. The van der Waals surface area contributed by atoms with Crippen LogP contribution < -0.4 is 15.5 Å². The van der Waals surface area contributed by atoms with Gasteiger partial charge in [0.1, 0.15) is 5.75 Å². The first kappa shape index (κ1) is 26.0. The third-order valence-electron chi connectivity index (χ3n) is 4.77. The number of hydrazone groups is 1. The summed E-state index contributed by atoms with van der Waals surface area (Å²) in [6.45, 7) is 0.303. The second-order valence-electron chi connectivity index (χ2n) is 7.40. The maximum atomic E-state index is 12.2. The predicted molar refractivity (Wildman–Crippen MR) is 133 cm³/mol. The first-order valence-electron chi connectivity index (χ1n) is 10.7. The highest BCUT2D eigenvalue weighted by molar-refractivity contribution is 6.33. The van der Waals surface area contributed by atoms with Crippen molar-refractivity contribution in [3.05, 3.63) is 105 Å². The van der Waals surface area contributed by atoms with Gasteiger partial charge in [-0.05, 0) is 54.4 Å². The van der Waals surface area contributed by atoms with E-state index in [1.807, 2.05) is 0 Å². The molecule has 0 unspecified atom stereocenters. The zero-order chi connectivity index (χ0) is 25.9. The van der Waals surface area contributed by atoms with Crippen LogP contribution in [0.2, 0.25) is 5.02 Å². The molecule has 0 aliphatic carbocycles. The lowest BCUT2D eigenvalue weighted by Gasteiger charge is -2.06. The molecule has 0 heterocycles. The van der Waals surface area contributed by atoms with E-state index in [1.54, 1.807) is 36.4 Å². The van der Waals surface area contributed by atoms with Crippen LogP contribution in [0.3, 0.4) is 0 Å². The SMILES string of the molecule is O=C(CCCNC(=O)c1ccccc1Cl)N/N=C\c1ccc(OC(=O)c2cccc([N+](=O)[O-])c2)cc1. The van der Waals surface area contributed by atoms with Crippen molar-refractivity contribution in [1.82, 2.24) is 10.7 Å². The normalized spacial score (nSPS) is 10.6. The van der Waals surface area contributed by atoms with Crippen molar-refractivity contribution < 1.29 is 24.0 Å². The van der Waals surface area contributed by atoms with Gasteiger partial charge in [0.25, 0.3) is 11.6 Å². The van der Waals surface area contributed by atoms with Crippen LogP contribution in [-0.2, 0) is 4.79 Å². The number of rotatable bonds is 10. The molecule has 0 aromatic heterocycles. The smallest absolute Gasteiger partial charge is 0.343 e. The van der Waals surface area contributed by atoms with Crippen LogP contribution in [0.4, 0.5) is 5.69 Å². The fourth-order valence-electron chi connectivity index (χ4n) is 2.96. The number of nitro groups is 1. The third kappa shape index (κ3) is 7.74. The Labute approximate surface area is 211 Å². The van der Waals surface area contributed by atoms with Crippen LogP contribution in [0.25, 0.3) is 0 Å². The molecule has 3 aromatic carbocycles. The van der Waals surface area contributed by atoms with E-state index in [-0.39, 0.29) is 35.2 Å². The summed E-state index contributed by atoms with van der Waals surface area (Å²) in [4.78, 5) is 46.4. The van der Waals surface area contributed by atoms with Gasteiger partial charge in [0.15, 0.2) is 0 Å². The van der Waals surface area contributed by atoms with Gasteiger partial charge >= 0.3 is 5.97 Å². The second-order valence-corrected chi connectivity index (χ2v) is 7.81. The van der Waals surface area contributed by atoms with E-state index in [1.165, 1.54) is 36.5 Å². The number of non-ortho nitro benzene ring substituents is 1. The third-order valence-corrected chi connectivity index (χ3v) is 5.10. The Balaban J connectivity index is 1.39. The van der Waals surface area contributed by atoms with Crippen LogP contribution in [0.15, 0.2) is 77.9 Å². The second kappa shape index (κ2) is 12.8. The van der Waals surface area contributed by atoms with Crippen molar-refractivity contribution in [3.8, 4) is 5.75 Å². The molecule has 0 saturated carbocycles. The molecule has 11 heteroatoms. The minimum atomic E-state index is -0.726. The number of hydrogen-bond donors (Lipinski definition) is 2. The Morgan fingerprint density at radius 1 is 1.03 bits per heavy atom. The molecule has 3 rings (SSSR count). The van der Waals surface area contributed by atoms with Gasteiger partial charge in [-0.15, -0.1) is 0 Å². The van der Waals surface area contributed by atoms with E-state index >= 15 is 0 Å². The van der Waals surface area contributed by atoms with Crippen molar-refractivity contribution >= 4 is 41.3 Å². The lowest BCUT2D eigenvalue weighted by molar-refractivity contribution is -0.384. The molecule has 184 valence electrons. The fraction of sp³-hybridized carbons (Fsp3) is 0.120. The van der Waals surface area contributed by atoms with Crippen molar-refractivity contribution in [3.63, 3.8) is 0 Å². The summed E-state index contributed by atoms with van der Waals surface area (Å²) >= 11 is 5.98. The van der Waals surface area contributed by atoms with Crippen LogP contribution in [0, 0.1) is 10.1 Å². The first-order chi connectivity index (χ1) is 17.3. The monoisotopic (exact) mass is 508 g/mol. The van der Waals surface area contributed by atoms with Gasteiger partial charge in [-0.3, -0.25) is 19.7 Å². The Morgan fingerprint density at radius 3 is 2.50 bits per heavy atom. The number of hydrogen-bond acceptors (Lipinski definition) is 7. The average molecular weight is 509 g/mol. The molecule has 0 spiro atoms. The topological polar surface area (TPSA) is 140 Å². The number of ether oxygens (including phenoxy) is 1. The van der Waals surface area contributed by atoms with Crippen LogP contribution in [0.1, 0.15) is 39.1 Å². The number of amides is 2. The summed E-state index contributed by atoms with van der Waals surface area (Å²) in [5, 5.41) is 17.8. The molecule has 2 amide bonds. The van der Waals surface area contributed by atoms with Gasteiger partial charge in [0.2, 0.25) is 5.91 Å². The van der Waals surface area contributed by atoms with Crippen LogP contribution in [0.5, 0.6) is 5.75 Å². The van der Waals surface area contributed by atoms with Crippen molar-refractivity contribution in [2.75, 3.05) is 6.54 Å². The highest BCUT2D eigenvalue weighted by Crippen LogP contribution is 2.17. The quantitative estimate of drug-likeness (QED) is 0.105. The summed E-state index contributed by atoms with van der Waals surface area (Å²) in [5.74, 6) is -1.11. The standard InChI is InChI=1S/C25H21ClN4O6/c26-22-8-2-1-7-21(22)24(32)27-14-4-9-23(31)29-28-16-17-10-12-20(13-11-17)36-25(33)18-5-3-6-19(15-18)30(34)35/h1-3,5-8,10-13,15-16H,4,9,14H2,(H,27,32)(H,29,31)/b28-16-. The Hall–Kier alpha value is -4.57. The van der Waals surface area contributed by atoms with Gasteiger partial charge in [0, 0.05) is 25.1 Å². The number of benzene rings is 3. The first-order valence-corrected chi connectivity index (χ1v) is 11.1. The Kier molecular flexibility index (Phi) is 9.24. The van der Waals surface area contributed by atoms with Crippen molar-refractivity contribution in [1.29, 1.82) is 0 Å². The van der Waals surface area contributed by atoms with Crippen molar-refractivity contribution in [2.45, 2.75) is 12.8 Å². The van der Waals surface area contributed by atoms with E-state index in [0.717, 1.165) is 6.07 Å². The maximum absolute atomic E-state index is 12.2. The largest absolute Gasteiger partial charge is 0.423 e. The van der Waals surface area contributed by atoms with Gasteiger partial charge in [-0.2, -0.15) is 5.10 Å². The zero-order valence-corrected chi connectivity index (χ0v) is 19.6. The summed E-state index contributed by atoms with van der Waals surface area (Å²) in [6.07, 6.45) is 2.00. The predicted octanol–water partition coefficient (Wildman–Crippen LogP) is 4.13. The fourth-order valence-corrected chi connectivity index (χ4v) is 3.18. The van der Waals surface area contributed by atoms with E-state index in [9.17, 15) is 24.5 Å². The molecule has 2 N–H and O–H groups in total. The van der Waals surface area contributed by atoms with Crippen molar-refractivity contribution in [2.24, 2.45) is 5.10 Å². The minimum absolute atomic E-state index is 0.0565. The summed E-state index contributed by atoms with van der Waals surface area (Å²) in [6, 6.07) is 18.2. The Bertz CT molecular complexity index is 1290. The number of nitrogens with zero attached hydrogens (tertiary/aromatic N) is 2. The molecule has 10 nitrogen and oxygen atoms in total. The molecule has 3 aromatic rings. The van der Waals surface area contributed by atoms with E-state index in [2.05, 4.69) is 15.8 Å². The van der Waals surface area contributed by atoms with E-state index in [0.29, 0.717) is 29.1 Å². The minimum Gasteiger partial charge on any atom is -0.423 e. The molecule has 0 fully saturated rings. The molecule has 0 radical (unpaired) electrons. The number of halogens is 1. The molecule has 0 saturated heterocycles. The molecule has 0 aliphatic rings. The molecule has 36 heavy (non-hydrogen) atoms. The number of nitro benzene ring substituents is 1. The molecule has 0 bridgehead atoms. The van der Waals surface area contributed by atoms with E-state index in [4.69, 9.17) is 16.3 Å². The lowest BCUT2D eigenvalue weighted by atomic mass is 10.2. The van der Waals surface area contributed by atoms with E-state index < -0.39 is 10.9 Å². The van der Waals surface area contributed by atoms with Gasteiger partial charge in [0.05, 0.1) is 27.3 Å². The molecular formula is C25H21ClN4O6. The van der Waals surface area contributed by atoms with Gasteiger partial charge in [-0.1, -0.05) is 29.8 Å². The number of carbonyl (C=O) groups is 3. The number of esters is 1. The Morgan fingerprint density at radius 2 is 1.78 bits per heavy atom. The number of nitrogens with one attached hydrogen (secondary N) is 2. The molecule has 0 atom stereocenters. The summed E-state index contributed by atoms with van der Waals surface area (Å²) in [7, 11) is 0.